The van der Waals surface area contributed by atoms with Gasteiger partial charge in [-0.1, -0.05) is 55.0 Å². The molecule has 15 nitrogen and oxygen atoms in total. The first-order valence-corrected chi connectivity index (χ1v) is 18.1. The molecule has 2 bridgehead atoms. The lowest BCUT2D eigenvalue weighted by Gasteiger charge is -2.30. The molecule has 16 heteroatoms. The predicted octanol–water partition coefficient (Wildman–Crippen LogP) is 3.14. The Morgan fingerprint density at radius 2 is 2.00 bits per heavy atom. The molecule has 3 amide bonds. The molecule has 54 heavy (non-hydrogen) atoms. The van der Waals surface area contributed by atoms with Gasteiger partial charge >= 0.3 is 5.97 Å². The molecule has 5 atom stereocenters. The van der Waals surface area contributed by atoms with E-state index in [1.165, 1.54) is 17.1 Å². The van der Waals surface area contributed by atoms with Crippen LogP contribution in [0, 0.1) is 11.8 Å². The monoisotopic (exact) mass is 746 g/mol. The molecule has 2 aliphatic heterocycles. The van der Waals surface area contributed by atoms with Crippen molar-refractivity contribution >= 4 is 23.7 Å². The van der Waals surface area contributed by atoms with Gasteiger partial charge in [-0.15, -0.1) is 5.10 Å². The number of halogens is 1. The number of esters is 1. The van der Waals surface area contributed by atoms with Crippen molar-refractivity contribution in [3.05, 3.63) is 84.4 Å². The summed E-state index contributed by atoms with van der Waals surface area (Å²) < 4.78 is 27.9. The number of cyclic esters (lactones) is 1. The minimum absolute atomic E-state index is 0.00518. The molecule has 0 unspecified atom stereocenters. The smallest absolute Gasteiger partial charge is 0.329 e. The maximum atomic E-state index is 14.8. The number of alkyl halides is 1. The zero-order valence-electron chi connectivity index (χ0n) is 30.6. The molecule has 3 N–H and O–H groups in total. The minimum atomic E-state index is -1.50. The summed E-state index contributed by atoms with van der Waals surface area (Å²) in [7, 11) is 0. The standard InChI is InChI=1S/C38H47FN8O7/c1-24(2)36-26(19-34(50)42-15-17-46-22-30(44-45-46)29-9-4-5-13-40-29)11-12-33(49)41-14-6-8-25(3)18-28(48)20-27(39)21-35-43-31(23-53-35)37(51)47-16-7-10-32(47)38(52)54-36/h4-6,8-9,11-13,18,22-24,26-28,32,36,48H,7,10,14-17,19-21H2,1-3H3,(H,41,49)(H,42,50)/b8-6+,12-11+,25-18+/t26-,27+,28+,32+,36+/m0/s1. The Morgan fingerprint density at radius 3 is 2.78 bits per heavy atom. The van der Waals surface area contributed by atoms with Gasteiger partial charge < -0.3 is 29.8 Å². The number of amides is 3. The number of pyridine rings is 1. The second kappa shape index (κ2) is 19.0. The van der Waals surface area contributed by atoms with Crippen LogP contribution in [0.25, 0.3) is 11.4 Å². The maximum absolute atomic E-state index is 14.8. The lowest BCUT2D eigenvalue weighted by Crippen LogP contribution is -2.44. The van der Waals surface area contributed by atoms with E-state index >= 15 is 0 Å². The number of hydrogen-bond donors (Lipinski definition) is 3. The highest BCUT2D eigenvalue weighted by Gasteiger charge is 2.39. The van der Waals surface area contributed by atoms with Crippen LogP contribution in [-0.2, 0) is 32.1 Å². The van der Waals surface area contributed by atoms with Crippen molar-refractivity contribution in [3.63, 3.8) is 0 Å². The first-order chi connectivity index (χ1) is 26.0. The Balaban J connectivity index is 1.32. The number of aliphatic hydroxyl groups is 1. The quantitative estimate of drug-likeness (QED) is 0.301. The van der Waals surface area contributed by atoms with Crippen molar-refractivity contribution in [2.45, 2.75) is 83.8 Å². The summed E-state index contributed by atoms with van der Waals surface area (Å²) in [6.07, 6.45) is 9.16. The summed E-state index contributed by atoms with van der Waals surface area (Å²) in [5, 5.41) is 24.3. The van der Waals surface area contributed by atoms with Gasteiger partial charge in [-0.25, -0.2) is 14.2 Å². The average molecular weight is 747 g/mol. The molecule has 1 fully saturated rings. The summed E-state index contributed by atoms with van der Waals surface area (Å²) in [6.45, 7) is 6.43. The molecule has 0 radical (unpaired) electrons. The van der Waals surface area contributed by atoms with Crippen LogP contribution in [-0.4, -0.2) is 103 Å². The summed E-state index contributed by atoms with van der Waals surface area (Å²) in [5.74, 6) is -2.97. The topological polar surface area (TPSA) is 195 Å². The highest BCUT2D eigenvalue weighted by Crippen LogP contribution is 2.27. The van der Waals surface area contributed by atoms with Crippen LogP contribution in [0.3, 0.4) is 0 Å². The Hall–Kier alpha value is -5.51. The summed E-state index contributed by atoms with van der Waals surface area (Å²) in [6, 6.07) is 4.56. The van der Waals surface area contributed by atoms with Crippen LogP contribution in [0.4, 0.5) is 4.39 Å². The molecular weight excluding hydrogens is 699 g/mol. The number of ether oxygens (including phenoxy) is 1. The van der Waals surface area contributed by atoms with Crippen LogP contribution < -0.4 is 10.6 Å². The van der Waals surface area contributed by atoms with E-state index in [1.54, 1.807) is 48.3 Å². The van der Waals surface area contributed by atoms with Gasteiger partial charge in [-0.05, 0) is 43.9 Å². The van der Waals surface area contributed by atoms with E-state index in [0.29, 0.717) is 36.3 Å². The van der Waals surface area contributed by atoms with Crippen LogP contribution in [0.1, 0.15) is 62.8 Å². The van der Waals surface area contributed by atoms with Crippen molar-refractivity contribution in [1.29, 1.82) is 0 Å². The fourth-order valence-electron chi connectivity index (χ4n) is 6.40. The third-order valence-electron chi connectivity index (χ3n) is 9.06. The Kier molecular flexibility index (Phi) is 14.0. The number of hydrogen-bond acceptors (Lipinski definition) is 11. The van der Waals surface area contributed by atoms with Gasteiger partial charge in [0, 0.05) is 44.6 Å². The van der Waals surface area contributed by atoms with E-state index in [9.17, 15) is 28.7 Å². The lowest BCUT2D eigenvalue weighted by atomic mass is 9.89. The van der Waals surface area contributed by atoms with E-state index in [1.807, 2.05) is 26.0 Å². The van der Waals surface area contributed by atoms with Crippen LogP contribution in [0.2, 0.25) is 0 Å². The number of rotatable bonds is 7. The van der Waals surface area contributed by atoms with Crippen molar-refractivity contribution in [1.82, 2.24) is 40.5 Å². The van der Waals surface area contributed by atoms with Gasteiger partial charge in [0.15, 0.2) is 11.6 Å². The second-order valence-electron chi connectivity index (χ2n) is 13.8. The van der Waals surface area contributed by atoms with Gasteiger partial charge in [-0.3, -0.25) is 24.0 Å². The SMILES string of the molecule is CC1=C\[C@@H](O)C[C@@H](F)Cc2nc(co2)C(=O)N2CCC[C@@H]2C(=O)O[C@H](C(C)C)[C@H](CC(=O)NCCn2cc(-c3ccccn3)nn2)/C=C/C(=O)NC\C=C\1. The number of carbonyl (C=O) groups excluding carboxylic acids is 4. The molecule has 0 aromatic carbocycles. The molecule has 3 aromatic heterocycles. The molecular formula is C38H47FN8O7. The molecule has 288 valence electrons. The molecule has 1 saturated heterocycles. The Labute approximate surface area is 312 Å². The van der Waals surface area contributed by atoms with Gasteiger partial charge in [0.2, 0.25) is 11.8 Å². The van der Waals surface area contributed by atoms with E-state index in [-0.39, 0.29) is 62.3 Å². The van der Waals surface area contributed by atoms with Gasteiger partial charge in [-0.2, -0.15) is 0 Å². The van der Waals surface area contributed by atoms with Crippen molar-refractivity contribution in [2.75, 3.05) is 19.6 Å². The predicted molar refractivity (Wildman–Crippen MR) is 194 cm³/mol. The molecule has 0 saturated carbocycles. The van der Waals surface area contributed by atoms with Crippen molar-refractivity contribution < 1.29 is 37.8 Å². The first kappa shape index (κ1) is 39.7. The van der Waals surface area contributed by atoms with Crippen LogP contribution >= 0.6 is 0 Å². The number of aliphatic hydroxyl groups excluding tert-OH is 1. The normalized spacial score (nSPS) is 25.6. The highest BCUT2D eigenvalue weighted by molar-refractivity contribution is 5.95. The highest BCUT2D eigenvalue weighted by atomic mass is 19.1. The molecule has 3 aromatic rings. The van der Waals surface area contributed by atoms with E-state index in [0.717, 1.165) is 6.26 Å². The fraction of sp³-hybridized carbons (Fsp3) is 0.474. The molecule has 0 spiro atoms. The number of nitrogens with one attached hydrogen (secondary N) is 2. The summed E-state index contributed by atoms with van der Waals surface area (Å²) >= 11 is 0. The van der Waals surface area contributed by atoms with E-state index in [2.05, 4.69) is 30.9 Å². The third kappa shape index (κ3) is 11.2. The number of carbonyl (C=O) groups is 4. The van der Waals surface area contributed by atoms with Crippen LogP contribution in [0.15, 0.2) is 77.2 Å². The zero-order valence-corrected chi connectivity index (χ0v) is 30.6. The minimum Gasteiger partial charge on any atom is -0.460 e. The number of allylic oxidation sites excluding steroid dienone is 2. The molecule has 0 aliphatic carbocycles. The Morgan fingerprint density at radius 1 is 1.17 bits per heavy atom. The summed E-state index contributed by atoms with van der Waals surface area (Å²) in [5.41, 5.74) is 1.86. The zero-order chi connectivity index (χ0) is 38.6. The number of nitrogens with zero attached hydrogens (tertiary/aromatic N) is 6. The summed E-state index contributed by atoms with van der Waals surface area (Å²) in [4.78, 5) is 63.3. The van der Waals surface area contributed by atoms with Crippen molar-refractivity contribution in [3.8, 4) is 11.4 Å². The third-order valence-corrected chi connectivity index (χ3v) is 9.06. The second-order valence-corrected chi connectivity index (χ2v) is 13.8. The molecule has 5 rings (SSSR count). The number of aromatic nitrogens is 5. The van der Waals surface area contributed by atoms with Crippen molar-refractivity contribution in [2.24, 2.45) is 11.8 Å². The largest absolute Gasteiger partial charge is 0.460 e. The molecule has 5 heterocycles. The maximum Gasteiger partial charge on any atom is 0.329 e. The first-order valence-electron chi connectivity index (χ1n) is 18.1. The fourth-order valence-corrected chi connectivity index (χ4v) is 6.40. The van der Waals surface area contributed by atoms with Gasteiger partial charge in [0.05, 0.1) is 31.0 Å². The van der Waals surface area contributed by atoms with Gasteiger partial charge in [0.1, 0.15) is 30.3 Å². The molecule has 2 aliphatic rings. The average Bonchev–Trinajstić information content (AvgIpc) is 3.92. The van der Waals surface area contributed by atoms with Crippen LogP contribution in [0.5, 0.6) is 0 Å². The number of fused-ring (bicyclic) bond motifs is 3. The number of oxazole rings is 1. The lowest BCUT2D eigenvalue weighted by molar-refractivity contribution is -0.159. The van der Waals surface area contributed by atoms with Gasteiger partial charge in [0.25, 0.3) is 5.91 Å². The Bertz CT molecular complexity index is 1840. The van der Waals surface area contributed by atoms with E-state index in [4.69, 9.17) is 9.15 Å². The van der Waals surface area contributed by atoms with E-state index < -0.39 is 48.1 Å².